The summed E-state index contributed by atoms with van der Waals surface area (Å²) in [6.45, 7) is 1.91. The van der Waals surface area contributed by atoms with Crippen molar-refractivity contribution in [3.05, 3.63) is 58.6 Å². The van der Waals surface area contributed by atoms with E-state index < -0.39 is 9.84 Å². The van der Waals surface area contributed by atoms with E-state index in [9.17, 15) is 13.2 Å². The van der Waals surface area contributed by atoms with Crippen LogP contribution in [0.2, 0.25) is 5.02 Å². The lowest BCUT2D eigenvalue weighted by Gasteiger charge is -2.15. The smallest absolute Gasteiger partial charge is 0.251 e. The maximum Gasteiger partial charge on any atom is 0.251 e. The zero-order valence-corrected chi connectivity index (χ0v) is 16.5. The van der Waals surface area contributed by atoms with Crippen LogP contribution < -0.4 is 10.1 Å². The monoisotopic (exact) mass is 395 g/mol. The van der Waals surface area contributed by atoms with Crippen LogP contribution in [-0.2, 0) is 16.3 Å². The van der Waals surface area contributed by atoms with Gasteiger partial charge >= 0.3 is 0 Å². The second-order valence-electron chi connectivity index (χ2n) is 6.18. The van der Waals surface area contributed by atoms with Crippen LogP contribution in [0.1, 0.15) is 29.3 Å². The first-order valence-corrected chi connectivity index (χ1v) is 10.4. The third-order valence-electron chi connectivity index (χ3n) is 4.00. The Balaban J connectivity index is 1.98. The van der Waals surface area contributed by atoms with E-state index in [4.69, 9.17) is 16.3 Å². The van der Waals surface area contributed by atoms with E-state index >= 15 is 0 Å². The SMILES string of the molecule is COc1ccc(CCC(C)NC(=O)c2ccc(Cl)c(S(C)(=O)=O)c2)cc1. The molecule has 26 heavy (non-hydrogen) atoms. The maximum absolute atomic E-state index is 12.4. The lowest BCUT2D eigenvalue weighted by molar-refractivity contribution is 0.0938. The fraction of sp³-hybridized carbons (Fsp3) is 0.316. The Hall–Kier alpha value is -2.05. The van der Waals surface area contributed by atoms with Crippen LogP contribution in [0.25, 0.3) is 0 Å². The number of rotatable bonds is 7. The molecule has 2 aromatic carbocycles. The molecule has 7 heteroatoms. The highest BCUT2D eigenvalue weighted by Crippen LogP contribution is 2.22. The van der Waals surface area contributed by atoms with Gasteiger partial charge in [0, 0.05) is 17.9 Å². The van der Waals surface area contributed by atoms with Crippen molar-refractivity contribution in [3.8, 4) is 5.75 Å². The molecule has 0 fully saturated rings. The van der Waals surface area contributed by atoms with Crippen LogP contribution in [-0.4, -0.2) is 33.7 Å². The Labute approximate surface area is 159 Å². The average Bonchev–Trinajstić information content (AvgIpc) is 2.59. The third-order valence-corrected chi connectivity index (χ3v) is 5.57. The molecule has 0 radical (unpaired) electrons. The zero-order chi connectivity index (χ0) is 19.3. The summed E-state index contributed by atoms with van der Waals surface area (Å²) in [5.41, 5.74) is 1.42. The first-order valence-electron chi connectivity index (χ1n) is 8.14. The first-order chi connectivity index (χ1) is 12.2. The second kappa shape index (κ2) is 8.56. The van der Waals surface area contributed by atoms with Crippen molar-refractivity contribution in [2.75, 3.05) is 13.4 Å². The molecule has 0 aliphatic heterocycles. The van der Waals surface area contributed by atoms with Crippen molar-refractivity contribution in [1.82, 2.24) is 5.32 Å². The van der Waals surface area contributed by atoms with Crippen LogP contribution in [0, 0.1) is 0 Å². The van der Waals surface area contributed by atoms with Gasteiger partial charge in [0.15, 0.2) is 9.84 Å². The van der Waals surface area contributed by atoms with Gasteiger partial charge in [-0.3, -0.25) is 4.79 Å². The van der Waals surface area contributed by atoms with Crippen LogP contribution in [0.5, 0.6) is 5.75 Å². The molecule has 0 spiro atoms. The van der Waals surface area contributed by atoms with Crippen molar-refractivity contribution >= 4 is 27.3 Å². The van der Waals surface area contributed by atoms with Gasteiger partial charge in [0.1, 0.15) is 5.75 Å². The number of nitrogens with one attached hydrogen (secondary N) is 1. The zero-order valence-electron chi connectivity index (χ0n) is 15.0. The molecule has 5 nitrogen and oxygen atoms in total. The highest BCUT2D eigenvalue weighted by Gasteiger charge is 2.17. The quantitative estimate of drug-likeness (QED) is 0.778. The topological polar surface area (TPSA) is 72.5 Å². The van der Waals surface area contributed by atoms with Gasteiger partial charge in [-0.15, -0.1) is 0 Å². The van der Waals surface area contributed by atoms with E-state index in [0.29, 0.717) is 0 Å². The van der Waals surface area contributed by atoms with Gasteiger partial charge < -0.3 is 10.1 Å². The molecule has 2 aromatic rings. The minimum atomic E-state index is -3.49. The van der Waals surface area contributed by atoms with Gasteiger partial charge in [-0.05, 0) is 55.7 Å². The molecular formula is C19H22ClNO4S. The average molecular weight is 396 g/mol. The highest BCUT2D eigenvalue weighted by molar-refractivity contribution is 7.90. The molecule has 1 atom stereocenters. The van der Waals surface area contributed by atoms with Crippen LogP contribution in [0.15, 0.2) is 47.4 Å². The molecule has 0 aromatic heterocycles. The number of aryl methyl sites for hydroxylation is 1. The minimum Gasteiger partial charge on any atom is -0.497 e. The number of hydrogen-bond acceptors (Lipinski definition) is 4. The summed E-state index contributed by atoms with van der Waals surface area (Å²) < 4.78 is 28.6. The van der Waals surface area contributed by atoms with Gasteiger partial charge in [0.05, 0.1) is 17.0 Å². The predicted octanol–water partition coefficient (Wildman–Crippen LogP) is 3.50. The standard InChI is InChI=1S/C19H22ClNO4S/c1-13(4-5-14-6-9-16(25-2)10-7-14)21-19(22)15-8-11-17(20)18(12-15)26(3,23)24/h6-13H,4-5H2,1-3H3,(H,21,22). The number of ether oxygens (including phenoxy) is 1. The number of carbonyl (C=O) groups is 1. The fourth-order valence-electron chi connectivity index (χ4n) is 2.48. The van der Waals surface area contributed by atoms with Crippen LogP contribution in [0.3, 0.4) is 0 Å². The normalized spacial score (nSPS) is 12.5. The van der Waals surface area contributed by atoms with E-state index in [1.807, 2.05) is 31.2 Å². The largest absolute Gasteiger partial charge is 0.497 e. The van der Waals surface area contributed by atoms with Crippen LogP contribution >= 0.6 is 11.6 Å². The van der Waals surface area contributed by atoms with Crippen LogP contribution in [0.4, 0.5) is 0 Å². The molecule has 0 saturated carbocycles. The second-order valence-corrected chi connectivity index (χ2v) is 8.57. The molecule has 0 bridgehead atoms. The van der Waals surface area contributed by atoms with Crippen molar-refractivity contribution in [1.29, 1.82) is 0 Å². The summed E-state index contributed by atoms with van der Waals surface area (Å²) in [6.07, 6.45) is 2.62. The van der Waals surface area contributed by atoms with Crippen molar-refractivity contribution in [2.45, 2.75) is 30.7 Å². The van der Waals surface area contributed by atoms with Gasteiger partial charge in [0.25, 0.3) is 5.91 Å². The summed E-state index contributed by atoms with van der Waals surface area (Å²) in [7, 11) is -1.87. The van der Waals surface area contributed by atoms with Crippen molar-refractivity contribution in [2.24, 2.45) is 0 Å². The number of carbonyl (C=O) groups excluding carboxylic acids is 1. The van der Waals surface area contributed by atoms with Gasteiger partial charge in [0.2, 0.25) is 0 Å². The van der Waals surface area contributed by atoms with Crippen molar-refractivity contribution in [3.63, 3.8) is 0 Å². The van der Waals surface area contributed by atoms with E-state index in [1.165, 1.54) is 18.2 Å². The number of hydrogen-bond donors (Lipinski definition) is 1. The number of halogens is 1. The van der Waals surface area contributed by atoms with E-state index in [1.54, 1.807) is 7.11 Å². The molecule has 0 heterocycles. The maximum atomic E-state index is 12.4. The van der Waals surface area contributed by atoms with E-state index in [2.05, 4.69) is 5.32 Å². The molecule has 1 unspecified atom stereocenters. The van der Waals surface area contributed by atoms with Gasteiger partial charge in [-0.1, -0.05) is 23.7 Å². The summed E-state index contributed by atoms with van der Waals surface area (Å²) in [5, 5.41) is 2.99. The number of amides is 1. The predicted molar refractivity (Wildman–Crippen MR) is 103 cm³/mol. The lowest BCUT2D eigenvalue weighted by Crippen LogP contribution is -2.33. The molecule has 0 aliphatic rings. The third kappa shape index (κ3) is 5.47. The van der Waals surface area contributed by atoms with Gasteiger partial charge in [-0.25, -0.2) is 8.42 Å². The molecule has 140 valence electrons. The molecular weight excluding hydrogens is 374 g/mol. The Morgan fingerprint density at radius 2 is 1.85 bits per heavy atom. The number of methoxy groups -OCH3 is 1. The minimum absolute atomic E-state index is 0.0438. The Kier molecular flexibility index (Phi) is 6.67. The molecule has 2 rings (SSSR count). The summed E-state index contributed by atoms with van der Waals surface area (Å²) >= 11 is 5.91. The molecule has 1 amide bonds. The Bertz CT molecular complexity index is 879. The Morgan fingerprint density at radius 1 is 1.19 bits per heavy atom. The fourth-order valence-corrected chi connectivity index (χ4v) is 3.78. The summed E-state index contributed by atoms with van der Waals surface area (Å²) in [4.78, 5) is 12.3. The molecule has 0 aliphatic carbocycles. The summed E-state index contributed by atoms with van der Waals surface area (Å²) in [6, 6.07) is 12.0. The molecule has 0 saturated heterocycles. The van der Waals surface area contributed by atoms with Crippen molar-refractivity contribution < 1.29 is 17.9 Å². The number of benzene rings is 2. The van der Waals surface area contributed by atoms with Gasteiger partial charge in [-0.2, -0.15) is 0 Å². The first kappa shape index (κ1) is 20.3. The number of sulfone groups is 1. The molecule has 1 N–H and O–H groups in total. The Morgan fingerprint density at radius 3 is 2.42 bits per heavy atom. The summed E-state index contributed by atoms with van der Waals surface area (Å²) in [5.74, 6) is 0.480. The lowest BCUT2D eigenvalue weighted by atomic mass is 10.1. The van der Waals surface area contributed by atoms with E-state index in [-0.39, 0.29) is 27.4 Å². The van der Waals surface area contributed by atoms with E-state index in [0.717, 1.165) is 30.4 Å². The highest BCUT2D eigenvalue weighted by atomic mass is 35.5.